The molecule has 0 radical (unpaired) electrons. The minimum atomic E-state index is -0.570. The predicted molar refractivity (Wildman–Crippen MR) is 75.6 cm³/mol. The van der Waals surface area contributed by atoms with E-state index in [-0.39, 0.29) is 13.1 Å². The second-order valence-corrected chi connectivity index (χ2v) is 2.96. The number of ether oxygens (including phenoxy) is 1. The molecule has 0 saturated carbocycles. The van der Waals surface area contributed by atoms with Gasteiger partial charge in [-0.1, -0.05) is 26.0 Å². The zero-order valence-corrected chi connectivity index (χ0v) is 11.5. The van der Waals surface area contributed by atoms with Crippen LogP contribution in [0.3, 0.4) is 0 Å². The molecule has 1 rings (SSSR count). The number of benzene rings is 1. The van der Waals surface area contributed by atoms with Gasteiger partial charge in [0.2, 0.25) is 0 Å². The van der Waals surface area contributed by atoms with Crippen LogP contribution < -0.4 is 15.8 Å². The molecular formula is C13H22N2O4. The molecule has 0 spiro atoms. The Bertz CT molecular complexity index is 345. The number of anilines is 1. The van der Waals surface area contributed by atoms with Crippen molar-refractivity contribution in [2.24, 2.45) is 5.73 Å². The molecule has 6 nitrogen and oxygen atoms in total. The molecule has 0 bridgehead atoms. The van der Waals surface area contributed by atoms with Gasteiger partial charge >= 0.3 is 0 Å². The lowest BCUT2D eigenvalue weighted by Gasteiger charge is -2.11. The van der Waals surface area contributed by atoms with Crippen molar-refractivity contribution in [3.63, 3.8) is 0 Å². The molecule has 0 unspecified atom stereocenters. The van der Waals surface area contributed by atoms with Gasteiger partial charge in [0.05, 0.1) is 11.7 Å². The first-order valence-electron chi connectivity index (χ1n) is 5.87. The number of carboxylic acid groups (broad SMARTS) is 1. The summed E-state index contributed by atoms with van der Waals surface area (Å²) in [6.07, 6.45) is 0.669. The Balaban J connectivity index is 0. The number of hydrogen-bond acceptors (Lipinski definition) is 5. The SMILES string of the molecule is CC.CNc1ccccc1OC[C@@H](N)C=O.O=CO. The fourth-order valence-corrected chi connectivity index (χ4v) is 1.02. The fraction of sp³-hybridized carbons (Fsp3) is 0.385. The maximum Gasteiger partial charge on any atom is 0.290 e. The summed E-state index contributed by atoms with van der Waals surface area (Å²) < 4.78 is 5.36. The Morgan fingerprint density at radius 3 is 2.37 bits per heavy atom. The lowest BCUT2D eigenvalue weighted by Crippen LogP contribution is -2.29. The number of nitrogens with two attached hydrogens (primary N) is 1. The summed E-state index contributed by atoms with van der Waals surface area (Å²) in [5, 5.41) is 9.87. The van der Waals surface area contributed by atoms with Gasteiger partial charge in [0, 0.05) is 7.05 Å². The molecule has 0 heterocycles. The topological polar surface area (TPSA) is 102 Å². The van der Waals surface area contributed by atoms with E-state index in [1.165, 1.54) is 0 Å². The van der Waals surface area contributed by atoms with Gasteiger partial charge in [-0.05, 0) is 12.1 Å². The number of aldehydes is 1. The third kappa shape index (κ3) is 9.61. The van der Waals surface area contributed by atoms with Crippen molar-refractivity contribution < 1.29 is 19.4 Å². The number of carbonyl (C=O) groups excluding carboxylic acids is 1. The molecule has 19 heavy (non-hydrogen) atoms. The van der Waals surface area contributed by atoms with Crippen LogP contribution >= 0.6 is 0 Å². The molecule has 0 saturated heterocycles. The molecule has 1 aromatic rings. The van der Waals surface area contributed by atoms with E-state index in [1.54, 1.807) is 0 Å². The van der Waals surface area contributed by atoms with E-state index in [4.69, 9.17) is 20.4 Å². The Kier molecular flexibility index (Phi) is 14.2. The number of rotatable bonds is 5. The largest absolute Gasteiger partial charge is 0.489 e. The molecule has 1 aromatic carbocycles. The molecule has 0 aliphatic heterocycles. The van der Waals surface area contributed by atoms with E-state index < -0.39 is 6.04 Å². The maximum atomic E-state index is 10.3. The average molecular weight is 270 g/mol. The Labute approximate surface area is 113 Å². The normalized spacial score (nSPS) is 9.68. The van der Waals surface area contributed by atoms with Gasteiger partial charge in [-0.3, -0.25) is 4.79 Å². The van der Waals surface area contributed by atoms with Gasteiger partial charge in [-0.2, -0.15) is 0 Å². The smallest absolute Gasteiger partial charge is 0.290 e. The van der Waals surface area contributed by atoms with Crippen LogP contribution in [0.15, 0.2) is 24.3 Å². The quantitative estimate of drug-likeness (QED) is 0.698. The van der Waals surface area contributed by atoms with Crippen molar-refractivity contribution in [3.8, 4) is 5.75 Å². The molecule has 0 aliphatic rings. The third-order valence-electron chi connectivity index (χ3n) is 1.76. The number of carbonyl (C=O) groups is 2. The van der Waals surface area contributed by atoms with Crippen LogP contribution in [-0.2, 0) is 9.59 Å². The number of para-hydroxylation sites is 2. The first kappa shape index (κ1) is 19.3. The monoisotopic (exact) mass is 270 g/mol. The van der Waals surface area contributed by atoms with Crippen LogP contribution in [0.25, 0.3) is 0 Å². The van der Waals surface area contributed by atoms with Crippen molar-refractivity contribution >= 4 is 18.4 Å². The van der Waals surface area contributed by atoms with Gasteiger partial charge in [-0.15, -0.1) is 0 Å². The molecule has 0 fully saturated rings. The van der Waals surface area contributed by atoms with Gasteiger partial charge < -0.3 is 25.7 Å². The van der Waals surface area contributed by atoms with Crippen molar-refractivity contribution in [1.29, 1.82) is 0 Å². The second kappa shape index (κ2) is 14.0. The van der Waals surface area contributed by atoms with E-state index in [0.29, 0.717) is 12.0 Å². The highest BCUT2D eigenvalue weighted by molar-refractivity contribution is 5.58. The molecule has 4 N–H and O–H groups in total. The van der Waals surface area contributed by atoms with Crippen LogP contribution in [0.2, 0.25) is 0 Å². The molecule has 0 aliphatic carbocycles. The van der Waals surface area contributed by atoms with Crippen molar-refractivity contribution in [3.05, 3.63) is 24.3 Å². The average Bonchev–Trinajstić information content (AvgIpc) is 2.48. The first-order valence-corrected chi connectivity index (χ1v) is 5.87. The van der Waals surface area contributed by atoms with Crippen LogP contribution in [0.5, 0.6) is 5.75 Å². The van der Waals surface area contributed by atoms with Gasteiger partial charge in [0.1, 0.15) is 18.6 Å². The van der Waals surface area contributed by atoms with Crippen LogP contribution in [0, 0.1) is 0 Å². The molecule has 1 atom stereocenters. The highest BCUT2D eigenvalue weighted by atomic mass is 16.5. The summed E-state index contributed by atoms with van der Waals surface area (Å²) in [4.78, 5) is 18.6. The zero-order valence-electron chi connectivity index (χ0n) is 11.5. The van der Waals surface area contributed by atoms with E-state index in [0.717, 1.165) is 5.69 Å². The van der Waals surface area contributed by atoms with E-state index in [9.17, 15) is 4.79 Å². The molecule has 0 aromatic heterocycles. The van der Waals surface area contributed by atoms with E-state index >= 15 is 0 Å². The first-order chi connectivity index (χ1) is 9.19. The summed E-state index contributed by atoms with van der Waals surface area (Å²) in [5.41, 5.74) is 6.28. The summed E-state index contributed by atoms with van der Waals surface area (Å²) in [6, 6.07) is 6.91. The van der Waals surface area contributed by atoms with Crippen molar-refractivity contribution in [1.82, 2.24) is 0 Å². The minimum Gasteiger partial charge on any atom is -0.489 e. The summed E-state index contributed by atoms with van der Waals surface area (Å²) in [5.74, 6) is 0.701. The standard InChI is InChI=1S/C10H14N2O2.C2H6.CH2O2/c1-12-9-4-2-3-5-10(9)14-7-8(11)6-13;1-2;2-1-3/h2-6,8,12H,7,11H2,1H3;1-2H3;1H,(H,2,3)/t8-;;/m0../s1. The third-order valence-corrected chi connectivity index (χ3v) is 1.76. The summed E-state index contributed by atoms with van der Waals surface area (Å²) in [7, 11) is 1.81. The van der Waals surface area contributed by atoms with Gasteiger partial charge in [0.15, 0.2) is 0 Å². The van der Waals surface area contributed by atoms with Crippen molar-refractivity contribution in [2.45, 2.75) is 19.9 Å². The lowest BCUT2D eigenvalue weighted by atomic mass is 10.3. The molecule has 0 amide bonds. The number of nitrogens with one attached hydrogen (secondary N) is 1. The van der Waals surface area contributed by atoms with Gasteiger partial charge in [-0.25, -0.2) is 0 Å². The zero-order chi connectivity index (χ0) is 15.1. The van der Waals surface area contributed by atoms with Crippen LogP contribution in [0.4, 0.5) is 5.69 Å². The maximum absolute atomic E-state index is 10.3. The lowest BCUT2D eigenvalue weighted by molar-refractivity contribution is -0.122. The summed E-state index contributed by atoms with van der Waals surface area (Å²) >= 11 is 0. The fourth-order valence-electron chi connectivity index (χ4n) is 1.02. The minimum absolute atomic E-state index is 0.197. The highest BCUT2D eigenvalue weighted by Crippen LogP contribution is 2.22. The molecular weight excluding hydrogens is 248 g/mol. The highest BCUT2D eigenvalue weighted by Gasteiger charge is 2.03. The predicted octanol–water partition coefficient (Wildman–Crippen LogP) is 1.36. The van der Waals surface area contributed by atoms with Crippen LogP contribution in [-0.4, -0.2) is 37.6 Å². The Morgan fingerprint density at radius 2 is 1.89 bits per heavy atom. The van der Waals surface area contributed by atoms with E-state index in [1.807, 2.05) is 45.2 Å². The molecule has 108 valence electrons. The van der Waals surface area contributed by atoms with Gasteiger partial charge in [0.25, 0.3) is 6.47 Å². The van der Waals surface area contributed by atoms with Crippen molar-refractivity contribution in [2.75, 3.05) is 19.0 Å². The molecule has 6 heteroatoms. The Morgan fingerprint density at radius 1 is 1.37 bits per heavy atom. The van der Waals surface area contributed by atoms with E-state index in [2.05, 4.69) is 5.32 Å². The second-order valence-electron chi connectivity index (χ2n) is 2.96. The number of hydrogen-bond donors (Lipinski definition) is 3. The summed E-state index contributed by atoms with van der Waals surface area (Å²) in [6.45, 7) is 3.95. The van der Waals surface area contributed by atoms with Crippen LogP contribution in [0.1, 0.15) is 13.8 Å². The Hall–Kier alpha value is -2.08.